The molecule has 7 nitrogen and oxygen atoms in total. The third-order valence-electron chi connectivity index (χ3n) is 4.05. The normalized spacial score (nSPS) is 12.2. The second-order valence-electron chi connectivity index (χ2n) is 6.31. The molecule has 0 spiro atoms. The van der Waals surface area contributed by atoms with E-state index in [0.717, 1.165) is 0 Å². The van der Waals surface area contributed by atoms with Gasteiger partial charge in [-0.25, -0.2) is 8.42 Å². The Bertz CT molecular complexity index is 724. The Balaban J connectivity index is 2.88. The van der Waals surface area contributed by atoms with E-state index in [1.807, 2.05) is 0 Å². The van der Waals surface area contributed by atoms with E-state index in [1.54, 1.807) is 27.7 Å². The quantitative estimate of drug-likeness (QED) is 0.691. The van der Waals surface area contributed by atoms with E-state index in [1.165, 1.54) is 28.6 Å². The first-order valence-electron chi connectivity index (χ1n) is 8.18. The van der Waals surface area contributed by atoms with Crippen LogP contribution in [0, 0.1) is 5.41 Å². The van der Waals surface area contributed by atoms with Gasteiger partial charge < -0.3 is 10.4 Å². The Labute approximate surface area is 149 Å². The van der Waals surface area contributed by atoms with Gasteiger partial charge in [-0.1, -0.05) is 19.9 Å². The minimum Gasteiger partial charge on any atom is -0.481 e. The van der Waals surface area contributed by atoms with Crippen LogP contribution >= 0.6 is 0 Å². The Kier molecular flexibility index (Phi) is 7.13. The molecule has 0 unspecified atom stereocenters. The summed E-state index contributed by atoms with van der Waals surface area (Å²) < 4.78 is 26.4. The molecule has 0 aromatic heterocycles. The average molecular weight is 370 g/mol. The first-order valence-corrected chi connectivity index (χ1v) is 9.62. The maximum absolute atomic E-state index is 12.5. The molecular weight excluding hydrogens is 344 g/mol. The number of sulfonamides is 1. The molecule has 0 saturated carbocycles. The van der Waals surface area contributed by atoms with E-state index < -0.39 is 27.3 Å². The van der Waals surface area contributed by atoms with Crippen LogP contribution in [0.2, 0.25) is 0 Å². The fourth-order valence-corrected chi connectivity index (χ4v) is 3.71. The number of nitrogens with zero attached hydrogens (tertiary/aromatic N) is 1. The minimum atomic E-state index is -3.64. The standard InChI is InChI=1S/C17H26N2O5S/c1-5-19(6-2)25(23,24)14-9-7-8-13(12-14)15(20)18-11-10-17(3,4)16(21)22/h7-9,12H,5-6,10-11H2,1-4H3,(H,18,20)(H,21,22). The third-order valence-corrected chi connectivity index (χ3v) is 6.10. The Hall–Kier alpha value is -1.93. The van der Waals surface area contributed by atoms with Crippen LogP contribution in [0.5, 0.6) is 0 Å². The van der Waals surface area contributed by atoms with Crippen LogP contribution in [-0.2, 0) is 14.8 Å². The summed E-state index contributed by atoms with van der Waals surface area (Å²) >= 11 is 0. The summed E-state index contributed by atoms with van der Waals surface area (Å²) in [5, 5.41) is 11.7. The lowest BCUT2D eigenvalue weighted by Crippen LogP contribution is -2.32. The second kappa shape index (κ2) is 8.44. The second-order valence-corrected chi connectivity index (χ2v) is 8.25. The van der Waals surface area contributed by atoms with Crippen molar-refractivity contribution >= 4 is 21.9 Å². The van der Waals surface area contributed by atoms with Crippen molar-refractivity contribution in [3.8, 4) is 0 Å². The van der Waals surface area contributed by atoms with Crippen LogP contribution < -0.4 is 5.32 Å². The number of aliphatic carboxylic acids is 1. The van der Waals surface area contributed by atoms with E-state index in [9.17, 15) is 18.0 Å². The number of hydrogen-bond donors (Lipinski definition) is 2. The van der Waals surface area contributed by atoms with Gasteiger partial charge >= 0.3 is 5.97 Å². The van der Waals surface area contributed by atoms with E-state index in [-0.39, 0.29) is 23.4 Å². The van der Waals surface area contributed by atoms with Gasteiger partial charge in [-0.05, 0) is 38.5 Å². The van der Waals surface area contributed by atoms with Gasteiger partial charge in [0, 0.05) is 25.2 Å². The molecule has 8 heteroatoms. The molecule has 2 N–H and O–H groups in total. The molecule has 0 aliphatic rings. The molecule has 0 fully saturated rings. The predicted octanol–water partition coefficient (Wildman–Crippen LogP) is 1.95. The fourth-order valence-electron chi connectivity index (χ4n) is 2.21. The molecule has 25 heavy (non-hydrogen) atoms. The van der Waals surface area contributed by atoms with Crippen molar-refractivity contribution in [3.05, 3.63) is 29.8 Å². The van der Waals surface area contributed by atoms with Crippen LogP contribution in [0.15, 0.2) is 29.2 Å². The number of carbonyl (C=O) groups excluding carboxylic acids is 1. The molecular formula is C17H26N2O5S. The lowest BCUT2D eigenvalue weighted by Gasteiger charge is -2.19. The van der Waals surface area contributed by atoms with Crippen LogP contribution in [0.4, 0.5) is 0 Å². The van der Waals surface area contributed by atoms with Crippen molar-refractivity contribution in [2.45, 2.75) is 39.0 Å². The minimum absolute atomic E-state index is 0.0646. The number of nitrogens with one attached hydrogen (secondary N) is 1. The molecule has 0 bridgehead atoms. The zero-order chi connectivity index (χ0) is 19.3. The lowest BCUT2D eigenvalue weighted by molar-refractivity contribution is -0.147. The van der Waals surface area contributed by atoms with Gasteiger partial charge in [0.1, 0.15) is 0 Å². The molecule has 0 aliphatic heterocycles. The molecule has 1 aromatic rings. The van der Waals surface area contributed by atoms with Crippen molar-refractivity contribution in [2.24, 2.45) is 5.41 Å². The summed E-state index contributed by atoms with van der Waals surface area (Å²) in [4.78, 5) is 23.3. The van der Waals surface area contributed by atoms with Crippen LogP contribution in [0.1, 0.15) is 44.5 Å². The van der Waals surface area contributed by atoms with E-state index in [0.29, 0.717) is 13.1 Å². The number of carboxylic acid groups (broad SMARTS) is 1. The molecule has 1 aromatic carbocycles. The molecule has 1 amide bonds. The summed E-state index contributed by atoms with van der Waals surface area (Å²) in [5.41, 5.74) is -0.720. The number of carbonyl (C=O) groups is 2. The lowest BCUT2D eigenvalue weighted by atomic mass is 9.90. The fraction of sp³-hybridized carbons (Fsp3) is 0.529. The van der Waals surface area contributed by atoms with Gasteiger partial charge in [0.05, 0.1) is 10.3 Å². The highest BCUT2D eigenvalue weighted by atomic mass is 32.2. The molecule has 140 valence electrons. The molecule has 0 heterocycles. The van der Waals surface area contributed by atoms with Gasteiger partial charge in [0.25, 0.3) is 5.91 Å². The Morgan fingerprint density at radius 3 is 2.32 bits per heavy atom. The first-order chi connectivity index (χ1) is 11.6. The number of rotatable bonds is 9. The van der Waals surface area contributed by atoms with Crippen molar-refractivity contribution in [1.29, 1.82) is 0 Å². The van der Waals surface area contributed by atoms with Gasteiger partial charge in [0.2, 0.25) is 10.0 Å². The molecule has 0 radical (unpaired) electrons. The number of carboxylic acids is 1. The summed E-state index contributed by atoms with van der Waals surface area (Å²) in [5.74, 6) is -1.37. The Morgan fingerprint density at radius 1 is 1.20 bits per heavy atom. The Morgan fingerprint density at radius 2 is 1.80 bits per heavy atom. The van der Waals surface area contributed by atoms with Crippen molar-refractivity contribution in [2.75, 3.05) is 19.6 Å². The molecule has 0 atom stereocenters. The highest BCUT2D eigenvalue weighted by Crippen LogP contribution is 2.20. The largest absolute Gasteiger partial charge is 0.481 e. The van der Waals surface area contributed by atoms with Crippen molar-refractivity contribution in [3.63, 3.8) is 0 Å². The summed E-state index contributed by atoms with van der Waals surface area (Å²) in [7, 11) is -3.64. The SMILES string of the molecule is CCN(CC)S(=O)(=O)c1cccc(C(=O)NCCC(C)(C)C(=O)O)c1. The van der Waals surface area contributed by atoms with Gasteiger partial charge in [-0.3, -0.25) is 9.59 Å². The average Bonchev–Trinajstić information content (AvgIpc) is 2.55. The van der Waals surface area contributed by atoms with Gasteiger partial charge in [0.15, 0.2) is 0 Å². The summed E-state index contributed by atoms with van der Waals surface area (Å²) in [6, 6.07) is 5.84. The van der Waals surface area contributed by atoms with Crippen molar-refractivity contribution in [1.82, 2.24) is 9.62 Å². The molecule has 1 rings (SSSR count). The maximum atomic E-state index is 12.5. The van der Waals surface area contributed by atoms with E-state index >= 15 is 0 Å². The zero-order valence-electron chi connectivity index (χ0n) is 15.1. The highest BCUT2D eigenvalue weighted by Gasteiger charge is 2.27. The number of benzene rings is 1. The van der Waals surface area contributed by atoms with Crippen LogP contribution in [0.25, 0.3) is 0 Å². The van der Waals surface area contributed by atoms with Crippen LogP contribution in [-0.4, -0.2) is 49.3 Å². The molecule has 0 saturated heterocycles. The summed E-state index contributed by atoms with van der Waals surface area (Å²) in [6.07, 6.45) is 0.269. The van der Waals surface area contributed by atoms with Crippen molar-refractivity contribution < 1.29 is 23.1 Å². The van der Waals surface area contributed by atoms with Crippen LogP contribution in [0.3, 0.4) is 0 Å². The smallest absolute Gasteiger partial charge is 0.309 e. The first kappa shape index (κ1) is 21.1. The summed E-state index contributed by atoms with van der Waals surface area (Å²) in [6.45, 7) is 7.55. The van der Waals surface area contributed by atoms with E-state index in [2.05, 4.69) is 5.32 Å². The van der Waals surface area contributed by atoms with E-state index in [4.69, 9.17) is 5.11 Å². The van der Waals surface area contributed by atoms with Gasteiger partial charge in [-0.15, -0.1) is 0 Å². The monoisotopic (exact) mass is 370 g/mol. The predicted molar refractivity (Wildman–Crippen MR) is 94.9 cm³/mol. The highest BCUT2D eigenvalue weighted by molar-refractivity contribution is 7.89. The maximum Gasteiger partial charge on any atom is 0.309 e. The zero-order valence-corrected chi connectivity index (χ0v) is 15.9. The third kappa shape index (κ3) is 5.27. The number of amides is 1. The molecule has 0 aliphatic carbocycles. The van der Waals surface area contributed by atoms with Gasteiger partial charge in [-0.2, -0.15) is 4.31 Å². The topological polar surface area (TPSA) is 104 Å². The number of hydrogen-bond acceptors (Lipinski definition) is 4.